The number of rotatable bonds is 3. The van der Waals surface area contributed by atoms with Crippen LogP contribution in [0.4, 0.5) is 4.39 Å². The summed E-state index contributed by atoms with van der Waals surface area (Å²) >= 11 is 8.08. The molecule has 0 saturated heterocycles. The smallest absolute Gasteiger partial charge is 0.255 e. The van der Waals surface area contributed by atoms with Crippen molar-refractivity contribution in [2.45, 2.75) is 6.54 Å². The van der Waals surface area contributed by atoms with Crippen LogP contribution in [0.25, 0.3) is 0 Å². The fraction of sp³-hybridized carbons (Fsp3) is 0.0833. The van der Waals surface area contributed by atoms with E-state index in [1.54, 1.807) is 12.1 Å². The fourth-order valence-electron chi connectivity index (χ4n) is 1.41. The van der Waals surface area contributed by atoms with Crippen LogP contribution in [0.1, 0.15) is 15.2 Å². The molecule has 0 atom stereocenters. The predicted molar refractivity (Wildman–Crippen MR) is 77.3 cm³/mol. The molecule has 1 N–H and O–H groups in total. The van der Waals surface area contributed by atoms with Crippen LogP contribution >= 0.6 is 43.2 Å². The van der Waals surface area contributed by atoms with Crippen molar-refractivity contribution in [3.05, 3.63) is 54.8 Å². The minimum absolute atomic E-state index is 0.0326. The van der Waals surface area contributed by atoms with Gasteiger partial charge in [-0.3, -0.25) is 4.79 Å². The minimum atomic E-state index is -0.535. The molecule has 1 heterocycles. The van der Waals surface area contributed by atoms with Crippen molar-refractivity contribution in [3.8, 4) is 0 Å². The SMILES string of the molecule is O=C(NCc1sccc1Br)c1c(F)cccc1Br. The van der Waals surface area contributed by atoms with Gasteiger partial charge in [0.25, 0.3) is 5.91 Å². The van der Waals surface area contributed by atoms with E-state index in [9.17, 15) is 9.18 Å². The predicted octanol–water partition coefficient (Wildman–Crippen LogP) is 4.34. The zero-order chi connectivity index (χ0) is 13.1. The Hall–Kier alpha value is -0.720. The topological polar surface area (TPSA) is 29.1 Å². The number of carbonyl (C=O) groups excluding carboxylic acids is 1. The average Bonchev–Trinajstić information content (AvgIpc) is 2.72. The molecule has 18 heavy (non-hydrogen) atoms. The molecule has 0 saturated carbocycles. The lowest BCUT2D eigenvalue weighted by Gasteiger charge is -2.07. The fourth-order valence-corrected chi connectivity index (χ4v) is 3.37. The third-order valence-electron chi connectivity index (χ3n) is 2.29. The Bertz CT molecular complexity index is 565. The molecule has 0 aliphatic rings. The lowest BCUT2D eigenvalue weighted by atomic mass is 10.2. The molecule has 1 aromatic carbocycles. The van der Waals surface area contributed by atoms with Gasteiger partial charge in [0.05, 0.1) is 12.1 Å². The first kappa shape index (κ1) is 13.7. The first-order chi connectivity index (χ1) is 8.59. The van der Waals surface area contributed by atoms with Crippen molar-refractivity contribution in [1.82, 2.24) is 5.32 Å². The second-order valence-electron chi connectivity index (χ2n) is 3.47. The Balaban J connectivity index is 2.11. The molecule has 0 unspecified atom stereocenters. The molecule has 1 amide bonds. The largest absolute Gasteiger partial charge is 0.347 e. The number of carbonyl (C=O) groups is 1. The molecule has 1 aromatic heterocycles. The maximum Gasteiger partial charge on any atom is 0.255 e. The third kappa shape index (κ3) is 2.99. The maximum absolute atomic E-state index is 13.5. The van der Waals surface area contributed by atoms with Gasteiger partial charge in [-0.1, -0.05) is 6.07 Å². The molecule has 2 rings (SSSR count). The molecule has 0 aliphatic heterocycles. The lowest BCUT2D eigenvalue weighted by molar-refractivity contribution is 0.0946. The van der Waals surface area contributed by atoms with E-state index >= 15 is 0 Å². The van der Waals surface area contributed by atoms with Crippen LogP contribution in [0.15, 0.2) is 38.6 Å². The first-order valence-electron chi connectivity index (χ1n) is 5.03. The number of hydrogen-bond acceptors (Lipinski definition) is 2. The highest BCUT2D eigenvalue weighted by Crippen LogP contribution is 2.23. The monoisotopic (exact) mass is 391 g/mol. The molecule has 2 aromatic rings. The number of nitrogens with one attached hydrogen (secondary N) is 1. The Morgan fingerprint density at radius 2 is 2.06 bits per heavy atom. The van der Waals surface area contributed by atoms with Gasteiger partial charge in [0.2, 0.25) is 0 Å². The highest BCUT2D eigenvalue weighted by atomic mass is 79.9. The van der Waals surface area contributed by atoms with Crippen molar-refractivity contribution in [2.24, 2.45) is 0 Å². The third-order valence-corrected chi connectivity index (χ3v) is 4.88. The van der Waals surface area contributed by atoms with Crippen LogP contribution in [-0.4, -0.2) is 5.91 Å². The second-order valence-corrected chi connectivity index (χ2v) is 6.18. The molecular weight excluding hydrogens is 385 g/mol. The number of benzene rings is 1. The van der Waals surface area contributed by atoms with E-state index in [2.05, 4.69) is 37.2 Å². The summed E-state index contributed by atoms with van der Waals surface area (Å²) < 4.78 is 14.9. The van der Waals surface area contributed by atoms with Gasteiger partial charge in [-0.15, -0.1) is 11.3 Å². The zero-order valence-corrected chi connectivity index (χ0v) is 13.0. The van der Waals surface area contributed by atoms with Crippen molar-refractivity contribution < 1.29 is 9.18 Å². The maximum atomic E-state index is 13.5. The standard InChI is InChI=1S/C12H8Br2FNOS/c13-7-4-5-18-10(7)6-16-12(17)11-8(14)2-1-3-9(11)15/h1-5H,6H2,(H,16,17). The normalized spacial score (nSPS) is 10.4. The molecule has 0 radical (unpaired) electrons. The summed E-state index contributed by atoms with van der Waals surface area (Å²) in [5, 5.41) is 4.62. The van der Waals surface area contributed by atoms with E-state index in [0.717, 1.165) is 9.35 Å². The van der Waals surface area contributed by atoms with E-state index in [1.165, 1.54) is 17.4 Å². The summed E-state index contributed by atoms with van der Waals surface area (Å²) in [6, 6.07) is 6.36. The van der Waals surface area contributed by atoms with Gasteiger partial charge < -0.3 is 5.32 Å². The molecule has 2 nitrogen and oxygen atoms in total. The van der Waals surface area contributed by atoms with E-state index < -0.39 is 11.7 Å². The van der Waals surface area contributed by atoms with Crippen LogP contribution in [0.5, 0.6) is 0 Å². The zero-order valence-electron chi connectivity index (χ0n) is 9.04. The van der Waals surface area contributed by atoms with Crippen LogP contribution in [0, 0.1) is 5.82 Å². The molecule has 6 heteroatoms. The Morgan fingerprint density at radius 1 is 1.28 bits per heavy atom. The van der Waals surface area contributed by atoms with Crippen molar-refractivity contribution >= 4 is 49.1 Å². The van der Waals surface area contributed by atoms with Gasteiger partial charge >= 0.3 is 0 Å². The minimum Gasteiger partial charge on any atom is -0.347 e. The lowest BCUT2D eigenvalue weighted by Crippen LogP contribution is -2.24. The Kier molecular flexibility index (Phi) is 4.53. The summed E-state index contributed by atoms with van der Waals surface area (Å²) in [6.45, 7) is 0.373. The highest BCUT2D eigenvalue weighted by Gasteiger charge is 2.15. The van der Waals surface area contributed by atoms with Crippen LogP contribution in [0.2, 0.25) is 0 Å². The molecule has 94 valence electrons. The molecule has 0 fully saturated rings. The summed E-state index contributed by atoms with van der Waals surface area (Å²) in [7, 11) is 0. The molecular formula is C12H8Br2FNOS. The Labute approximate surface area is 124 Å². The van der Waals surface area contributed by atoms with E-state index in [1.807, 2.05) is 11.4 Å². The van der Waals surface area contributed by atoms with Gasteiger partial charge in [-0.05, 0) is 55.4 Å². The quantitative estimate of drug-likeness (QED) is 0.826. The van der Waals surface area contributed by atoms with Crippen LogP contribution < -0.4 is 5.32 Å². The average molecular weight is 393 g/mol. The van der Waals surface area contributed by atoms with Gasteiger partial charge in [0, 0.05) is 13.8 Å². The number of amides is 1. The summed E-state index contributed by atoms with van der Waals surface area (Å²) in [4.78, 5) is 12.9. The van der Waals surface area contributed by atoms with Crippen molar-refractivity contribution in [1.29, 1.82) is 0 Å². The van der Waals surface area contributed by atoms with E-state index in [0.29, 0.717) is 11.0 Å². The van der Waals surface area contributed by atoms with E-state index in [4.69, 9.17) is 0 Å². The van der Waals surface area contributed by atoms with Crippen molar-refractivity contribution in [2.75, 3.05) is 0 Å². The number of hydrogen-bond donors (Lipinski definition) is 1. The highest BCUT2D eigenvalue weighted by molar-refractivity contribution is 9.10. The van der Waals surface area contributed by atoms with Crippen LogP contribution in [-0.2, 0) is 6.54 Å². The van der Waals surface area contributed by atoms with Crippen molar-refractivity contribution in [3.63, 3.8) is 0 Å². The summed E-state index contributed by atoms with van der Waals surface area (Å²) in [5.74, 6) is -0.965. The molecule has 0 bridgehead atoms. The van der Waals surface area contributed by atoms with Crippen LogP contribution in [0.3, 0.4) is 0 Å². The second kappa shape index (κ2) is 5.95. The summed E-state index contributed by atoms with van der Waals surface area (Å²) in [6.07, 6.45) is 0. The molecule has 0 spiro atoms. The van der Waals surface area contributed by atoms with Gasteiger partial charge in [-0.25, -0.2) is 4.39 Å². The first-order valence-corrected chi connectivity index (χ1v) is 7.50. The van der Waals surface area contributed by atoms with Gasteiger partial charge in [0.1, 0.15) is 5.82 Å². The van der Waals surface area contributed by atoms with Gasteiger partial charge in [0.15, 0.2) is 0 Å². The number of thiophene rings is 1. The van der Waals surface area contributed by atoms with E-state index in [-0.39, 0.29) is 5.56 Å². The van der Waals surface area contributed by atoms with Gasteiger partial charge in [-0.2, -0.15) is 0 Å². The molecule has 0 aliphatic carbocycles. The number of halogens is 3. The Morgan fingerprint density at radius 3 is 2.67 bits per heavy atom. The summed E-state index contributed by atoms with van der Waals surface area (Å²) in [5.41, 5.74) is 0.0326.